The molecule has 1 N–H and O–H groups in total. The predicted octanol–water partition coefficient (Wildman–Crippen LogP) is 1.35. The van der Waals surface area contributed by atoms with Gasteiger partial charge >= 0.3 is 0 Å². The van der Waals surface area contributed by atoms with E-state index in [1.54, 1.807) is 25.6 Å². The van der Waals surface area contributed by atoms with Crippen molar-refractivity contribution >= 4 is 16.5 Å². The van der Waals surface area contributed by atoms with Crippen LogP contribution in [0.2, 0.25) is 0 Å². The number of nitrogens with zero attached hydrogens (tertiary/aromatic N) is 2. The molecule has 104 valence electrons. The van der Waals surface area contributed by atoms with Gasteiger partial charge in [0.15, 0.2) is 5.13 Å². The summed E-state index contributed by atoms with van der Waals surface area (Å²) in [6.45, 7) is 7.07. The highest BCUT2D eigenvalue weighted by Gasteiger charge is 2.08. The van der Waals surface area contributed by atoms with Crippen LogP contribution in [0.25, 0.3) is 0 Å². The van der Waals surface area contributed by atoms with Gasteiger partial charge in [-0.15, -0.1) is 11.3 Å². The normalized spacial score (nSPS) is 10.8. The largest absolute Gasteiger partial charge is 0.383 e. The molecule has 1 aromatic heterocycles. The smallest absolute Gasteiger partial charge is 0.185 e. The highest BCUT2D eigenvalue weighted by Crippen LogP contribution is 2.20. The molecule has 0 saturated carbocycles. The molecule has 1 aromatic rings. The van der Waals surface area contributed by atoms with E-state index in [1.807, 2.05) is 0 Å². The van der Waals surface area contributed by atoms with E-state index in [9.17, 15) is 0 Å². The lowest BCUT2D eigenvalue weighted by atomic mass is 10.5. The van der Waals surface area contributed by atoms with Gasteiger partial charge in [0.05, 0.1) is 18.9 Å². The van der Waals surface area contributed by atoms with Crippen LogP contribution in [-0.4, -0.2) is 52.1 Å². The number of likely N-dealkylation sites (N-methyl/N-ethyl adjacent to an activating group) is 1. The Morgan fingerprint density at radius 1 is 1.33 bits per heavy atom. The van der Waals surface area contributed by atoms with Crippen molar-refractivity contribution in [2.45, 2.75) is 13.5 Å². The Balaban J connectivity index is 2.40. The number of aromatic nitrogens is 1. The Labute approximate surface area is 113 Å². The zero-order valence-corrected chi connectivity index (χ0v) is 12.3. The van der Waals surface area contributed by atoms with Gasteiger partial charge < -0.3 is 19.7 Å². The zero-order chi connectivity index (χ0) is 13.2. The van der Waals surface area contributed by atoms with Crippen LogP contribution < -0.4 is 10.2 Å². The van der Waals surface area contributed by atoms with Crippen LogP contribution >= 0.6 is 11.3 Å². The third kappa shape index (κ3) is 5.30. The lowest BCUT2D eigenvalue weighted by molar-refractivity contribution is 0.199. The lowest BCUT2D eigenvalue weighted by Crippen LogP contribution is -2.26. The number of hydrogen-bond donors (Lipinski definition) is 1. The van der Waals surface area contributed by atoms with E-state index in [1.165, 1.54) is 0 Å². The summed E-state index contributed by atoms with van der Waals surface area (Å²) < 4.78 is 10.1. The summed E-state index contributed by atoms with van der Waals surface area (Å²) in [4.78, 5) is 6.85. The molecule has 0 saturated heterocycles. The molecule has 0 fully saturated rings. The van der Waals surface area contributed by atoms with Crippen molar-refractivity contribution in [3.63, 3.8) is 0 Å². The molecule has 0 amide bonds. The van der Waals surface area contributed by atoms with E-state index >= 15 is 0 Å². The minimum absolute atomic E-state index is 0.728. The van der Waals surface area contributed by atoms with Gasteiger partial charge in [0.25, 0.3) is 0 Å². The fraction of sp³-hybridized carbons (Fsp3) is 0.750. The zero-order valence-electron chi connectivity index (χ0n) is 11.4. The average molecular weight is 273 g/mol. The van der Waals surface area contributed by atoms with Crippen molar-refractivity contribution in [3.8, 4) is 0 Å². The molecule has 1 heterocycles. The molecule has 0 radical (unpaired) electrons. The summed E-state index contributed by atoms with van der Waals surface area (Å²) in [5.74, 6) is 0. The minimum atomic E-state index is 0.728. The summed E-state index contributed by atoms with van der Waals surface area (Å²) in [6, 6.07) is 0. The van der Waals surface area contributed by atoms with E-state index in [2.05, 4.69) is 27.5 Å². The van der Waals surface area contributed by atoms with Crippen LogP contribution in [-0.2, 0) is 16.0 Å². The minimum Gasteiger partial charge on any atom is -0.383 e. The maximum atomic E-state index is 5.10. The van der Waals surface area contributed by atoms with Crippen molar-refractivity contribution in [3.05, 3.63) is 11.1 Å². The van der Waals surface area contributed by atoms with Gasteiger partial charge in [0.1, 0.15) is 0 Å². The maximum absolute atomic E-state index is 5.10. The molecule has 5 nitrogen and oxygen atoms in total. The number of methoxy groups -OCH3 is 2. The third-order valence-corrected chi connectivity index (χ3v) is 3.50. The number of hydrogen-bond acceptors (Lipinski definition) is 6. The van der Waals surface area contributed by atoms with E-state index in [0.717, 1.165) is 50.2 Å². The van der Waals surface area contributed by atoms with Crippen LogP contribution in [0, 0.1) is 0 Å². The van der Waals surface area contributed by atoms with E-state index in [4.69, 9.17) is 9.47 Å². The highest BCUT2D eigenvalue weighted by molar-refractivity contribution is 7.13. The SMILES string of the molecule is CCN(CCOC)c1nc(CNCCOC)cs1. The Hall–Kier alpha value is -0.690. The van der Waals surface area contributed by atoms with Crippen LogP contribution in [0.5, 0.6) is 0 Å². The Bertz CT molecular complexity index is 320. The van der Waals surface area contributed by atoms with E-state index < -0.39 is 0 Å². The molecular formula is C12H23N3O2S. The standard InChI is InChI=1S/C12H23N3O2S/c1-4-15(6-8-17-3)12-14-11(10-18-12)9-13-5-7-16-2/h10,13H,4-9H2,1-3H3. The van der Waals surface area contributed by atoms with Gasteiger partial charge in [-0.1, -0.05) is 0 Å². The number of rotatable bonds is 10. The lowest BCUT2D eigenvalue weighted by Gasteiger charge is -2.18. The molecule has 0 aliphatic heterocycles. The molecule has 0 spiro atoms. The molecule has 0 aliphatic rings. The van der Waals surface area contributed by atoms with Gasteiger partial charge in [0, 0.05) is 45.8 Å². The van der Waals surface area contributed by atoms with E-state index in [0.29, 0.717) is 0 Å². The molecule has 18 heavy (non-hydrogen) atoms. The number of ether oxygens (including phenoxy) is 2. The second-order valence-corrected chi connectivity index (χ2v) is 4.70. The van der Waals surface area contributed by atoms with Crippen LogP contribution in [0.3, 0.4) is 0 Å². The molecule has 0 atom stereocenters. The van der Waals surface area contributed by atoms with Gasteiger partial charge in [-0.05, 0) is 6.92 Å². The Morgan fingerprint density at radius 2 is 2.11 bits per heavy atom. The first kappa shape index (κ1) is 15.4. The molecule has 6 heteroatoms. The predicted molar refractivity (Wildman–Crippen MR) is 75.5 cm³/mol. The summed E-state index contributed by atoms with van der Waals surface area (Å²) in [5.41, 5.74) is 1.09. The topological polar surface area (TPSA) is 46.6 Å². The van der Waals surface area contributed by atoms with Crippen molar-refractivity contribution in [2.24, 2.45) is 0 Å². The van der Waals surface area contributed by atoms with E-state index in [-0.39, 0.29) is 0 Å². The third-order valence-electron chi connectivity index (χ3n) is 2.55. The molecular weight excluding hydrogens is 250 g/mol. The quantitative estimate of drug-likeness (QED) is 0.652. The highest BCUT2D eigenvalue weighted by atomic mass is 32.1. The summed E-state index contributed by atoms with van der Waals surface area (Å²) in [6.07, 6.45) is 0. The monoisotopic (exact) mass is 273 g/mol. The van der Waals surface area contributed by atoms with Gasteiger partial charge in [-0.3, -0.25) is 0 Å². The molecule has 0 unspecified atom stereocenters. The summed E-state index contributed by atoms with van der Waals surface area (Å²) in [5, 5.41) is 6.46. The van der Waals surface area contributed by atoms with Gasteiger partial charge in [-0.2, -0.15) is 0 Å². The summed E-state index contributed by atoms with van der Waals surface area (Å²) >= 11 is 1.68. The molecule has 0 aliphatic carbocycles. The Kier molecular flexibility index (Phi) is 7.91. The first-order valence-corrected chi connectivity index (χ1v) is 7.07. The van der Waals surface area contributed by atoms with Crippen molar-refractivity contribution < 1.29 is 9.47 Å². The van der Waals surface area contributed by atoms with Crippen molar-refractivity contribution in [1.29, 1.82) is 0 Å². The second kappa shape index (κ2) is 9.27. The van der Waals surface area contributed by atoms with Crippen LogP contribution in [0.4, 0.5) is 5.13 Å². The second-order valence-electron chi connectivity index (χ2n) is 3.86. The number of nitrogens with one attached hydrogen (secondary N) is 1. The fourth-order valence-electron chi connectivity index (χ4n) is 1.50. The summed E-state index contributed by atoms with van der Waals surface area (Å²) in [7, 11) is 3.43. The number of thiazole rings is 1. The fourth-order valence-corrected chi connectivity index (χ4v) is 2.42. The first-order chi connectivity index (χ1) is 8.81. The van der Waals surface area contributed by atoms with Crippen molar-refractivity contribution in [2.75, 3.05) is 52.0 Å². The maximum Gasteiger partial charge on any atom is 0.185 e. The molecule has 0 aromatic carbocycles. The van der Waals surface area contributed by atoms with Gasteiger partial charge in [-0.25, -0.2) is 4.98 Å². The van der Waals surface area contributed by atoms with Crippen LogP contribution in [0.15, 0.2) is 5.38 Å². The molecule has 0 bridgehead atoms. The van der Waals surface area contributed by atoms with Crippen molar-refractivity contribution in [1.82, 2.24) is 10.3 Å². The number of anilines is 1. The molecule has 1 rings (SSSR count). The van der Waals surface area contributed by atoms with Crippen LogP contribution in [0.1, 0.15) is 12.6 Å². The average Bonchev–Trinajstić information content (AvgIpc) is 2.84. The Morgan fingerprint density at radius 3 is 2.78 bits per heavy atom. The van der Waals surface area contributed by atoms with Gasteiger partial charge in [0.2, 0.25) is 0 Å². The first-order valence-electron chi connectivity index (χ1n) is 6.19.